The molecule has 2 aromatic rings. The predicted octanol–water partition coefficient (Wildman–Crippen LogP) is 1.39. The SMILES string of the molecule is COc1ccc2ncc(F)c(CCN3CCC([C@@H](O)CO)CC3)c2n1. The summed E-state index contributed by atoms with van der Waals surface area (Å²) in [5.74, 6) is 0.240. The Kier molecular flexibility index (Phi) is 5.78. The van der Waals surface area contributed by atoms with Gasteiger partial charge in [0.25, 0.3) is 0 Å². The van der Waals surface area contributed by atoms with Crippen LogP contribution in [0.25, 0.3) is 11.0 Å². The number of halogens is 1. The molecule has 0 aromatic carbocycles. The van der Waals surface area contributed by atoms with Crippen molar-refractivity contribution < 1.29 is 19.3 Å². The van der Waals surface area contributed by atoms with E-state index in [4.69, 9.17) is 9.84 Å². The molecule has 0 unspecified atom stereocenters. The van der Waals surface area contributed by atoms with E-state index >= 15 is 0 Å². The minimum absolute atomic E-state index is 0.144. The Bertz CT molecular complexity index is 720. The lowest BCUT2D eigenvalue weighted by atomic mass is 9.91. The highest BCUT2D eigenvalue weighted by Crippen LogP contribution is 2.24. The second kappa shape index (κ2) is 8.03. The highest BCUT2D eigenvalue weighted by Gasteiger charge is 2.24. The van der Waals surface area contributed by atoms with Crippen LogP contribution in [0.4, 0.5) is 4.39 Å². The Balaban J connectivity index is 1.68. The topological polar surface area (TPSA) is 78.7 Å². The summed E-state index contributed by atoms with van der Waals surface area (Å²) < 4.78 is 19.4. The molecule has 2 aromatic heterocycles. The third-order valence-corrected chi connectivity index (χ3v) is 4.99. The molecule has 0 aliphatic carbocycles. The van der Waals surface area contributed by atoms with Gasteiger partial charge in [0.15, 0.2) is 0 Å². The molecule has 25 heavy (non-hydrogen) atoms. The number of aliphatic hydroxyl groups excluding tert-OH is 2. The average Bonchev–Trinajstić information content (AvgIpc) is 2.66. The van der Waals surface area contributed by atoms with Gasteiger partial charge in [-0.3, -0.25) is 4.98 Å². The van der Waals surface area contributed by atoms with Gasteiger partial charge in [-0.2, -0.15) is 0 Å². The summed E-state index contributed by atoms with van der Waals surface area (Å²) in [6.07, 6.45) is 2.83. The fourth-order valence-electron chi connectivity index (χ4n) is 3.41. The number of ether oxygens (including phenoxy) is 1. The van der Waals surface area contributed by atoms with Crippen LogP contribution in [0.3, 0.4) is 0 Å². The van der Waals surface area contributed by atoms with Gasteiger partial charge in [0.1, 0.15) is 5.82 Å². The van der Waals surface area contributed by atoms with E-state index in [1.54, 1.807) is 12.1 Å². The van der Waals surface area contributed by atoms with E-state index in [0.29, 0.717) is 28.9 Å². The van der Waals surface area contributed by atoms with Crippen molar-refractivity contribution in [3.8, 4) is 5.88 Å². The van der Waals surface area contributed by atoms with Gasteiger partial charge in [0, 0.05) is 18.2 Å². The van der Waals surface area contributed by atoms with E-state index in [1.807, 2.05) is 0 Å². The largest absolute Gasteiger partial charge is 0.481 e. The maximum absolute atomic E-state index is 14.3. The van der Waals surface area contributed by atoms with Crippen molar-refractivity contribution in [2.24, 2.45) is 5.92 Å². The van der Waals surface area contributed by atoms with Gasteiger partial charge in [-0.05, 0) is 44.3 Å². The normalized spacial score (nSPS) is 17.8. The van der Waals surface area contributed by atoms with E-state index in [2.05, 4.69) is 14.9 Å². The van der Waals surface area contributed by atoms with Crippen LogP contribution in [-0.2, 0) is 6.42 Å². The second-order valence-corrected chi connectivity index (χ2v) is 6.49. The Labute approximate surface area is 146 Å². The first-order valence-corrected chi connectivity index (χ1v) is 8.61. The lowest BCUT2D eigenvalue weighted by molar-refractivity contribution is 0.0186. The summed E-state index contributed by atoms with van der Waals surface area (Å²) in [6, 6.07) is 3.50. The molecular weight excluding hydrogens is 325 g/mol. The van der Waals surface area contributed by atoms with Crippen molar-refractivity contribution >= 4 is 11.0 Å². The molecule has 2 N–H and O–H groups in total. The standard InChI is InChI=1S/C18H24FN3O3/c1-25-17-3-2-15-18(21-17)13(14(19)10-20-15)6-9-22-7-4-12(5-8-22)16(24)11-23/h2-3,10,12,16,23-24H,4-9,11H2,1H3/t16-/m0/s1. The quantitative estimate of drug-likeness (QED) is 0.820. The van der Waals surface area contributed by atoms with Crippen LogP contribution < -0.4 is 4.74 Å². The van der Waals surface area contributed by atoms with Crippen LogP contribution in [0.15, 0.2) is 18.3 Å². The number of hydrogen-bond acceptors (Lipinski definition) is 6. The van der Waals surface area contributed by atoms with Crippen molar-refractivity contribution in [1.82, 2.24) is 14.9 Å². The van der Waals surface area contributed by atoms with Crippen LogP contribution >= 0.6 is 0 Å². The van der Waals surface area contributed by atoms with Crippen LogP contribution in [0, 0.1) is 11.7 Å². The molecule has 1 aliphatic rings. The van der Waals surface area contributed by atoms with Gasteiger partial charge < -0.3 is 19.8 Å². The molecule has 3 rings (SSSR count). The molecule has 136 valence electrons. The fraction of sp³-hybridized carbons (Fsp3) is 0.556. The van der Waals surface area contributed by atoms with Gasteiger partial charge in [0.2, 0.25) is 5.88 Å². The maximum atomic E-state index is 14.3. The van der Waals surface area contributed by atoms with Gasteiger partial charge in [-0.1, -0.05) is 0 Å². The minimum Gasteiger partial charge on any atom is -0.481 e. The zero-order valence-electron chi connectivity index (χ0n) is 14.4. The lowest BCUT2D eigenvalue weighted by Gasteiger charge is -2.33. The van der Waals surface area contributed by atoms with Crippen LogP contribution in [-0.4, -0.2) is 64.5 Å². The van der Waals surface area contributed by atoms with Crippen molar-refractivity contribution in [2.75, 3.05) is 33.4 Å². The molecule has 7 heteroatoms. The highest BCUT2D eigenvalue weighted by atomic mass is 19.1. The number of likely N-dealkylation sites (tertiary alicyclic amines) is 1. The molecule has 1 atom stereocenters. The average molecular weight is 349 g/mol. The van der Waals surface area contributed by atoms with Gasteiger partial charge in [0.05, 0.1) is 37.1 Å². The molecule has 1 saturated heterocycles. The number of aromatic nitrogens is 2. The van der Waals surface area contributed by atoms with Crippen molar-refractivity contribution in [3.63, 3.8) is 0 Å². The van der Waals surface area contributed by atoms with Crippen LogP contribution in [0.2, 0.25) is 0 Å². The molecule has 3 heterocycles. The monoisotopic (exact) mass is 349 g/mol. The molecule has 0 spiro atoms. The summed E-state index contributed by atoms with van der Waals surface area (Å²) in [5, 5.41) is 18.8. The first-order chi connectivity index (χ1) is 12.1. The number of nitrogens with zero attached hydrogens (tertiary/aromatic N) is 3. The molecule has 6 nitrogen and oxygen atoms in total. The Morgan fingerprint density at radius 1 is 1.36 bits per heavy atom. The van der Waals surface area contributed by atoms with Crippen molar-refractivity contribution in [2.45, 2.75) is 25.4 Å². The summed E-state index contributed by atoms with van der Waals surface area (Å²) in [4.78, 5) is 10.7. The maximum Gasteiger partial charge on any atom is 0.213 e. The lowest BCUT2D eigenvalue weighted by Crippen LogP contribution is -2.39. The third kappa shape index (κ3) is 4.05. The smallest absolute Gasteiger partial charge is 0.213 e. The number of aliphatic hydroxyl groups is 2. The predicted molar refractivity (Wildman–Crippen MR) is 92.0 cm³/mol. The number of rotatable bonds is 6. The van der Waals surface area contributed by atoms with E-state index in [1.165, 1.54) is 13.3 Å². The van der Waals surface area contributed by atoms with Crippen LogP contribution in [0.1, 0.15) is 18.4 Å². The van der Waals surface area contributed by atoms with E-state index in [9.17, 15) is 9.50 Å². The number of hydrogen-bond donors (Lipinski definition) is 2. The zero-order valence-corrected chi connectivity index (χ0v) is 14.4. The molecule has 0 amide bonds. The second-order valence-electron chi connectivity index (χ2n) is 6.49. The Hall–Kier alpha value is -1.83. The molecule has 0 bridgehead atoms. The van der Waals surface area contributed by atoms with Gasteiger partial charge >= 0.3 is 0 Å². The Morgan fingerprint density at radius 3 is 2.80 bits per heavy atom. The molecule has 1 aliphatic heterocycles. The zero-order chi connectivity index (χ0) is 17.8. The number of piperidine rings is 1. The first kappa shape index (κ1) is 18.0. The molecule has 1 fully saturated rings. The number of pyridine rings is 2. The van der Waals surface area contributed by atoms with Crippen LogP contribution in [0.5, 0.6) is 5.88 Å². The van der Waals surface area contributed by atoms with E-state index < -0.39 is 6.10 Å². The summed E-state index contributed by atoms with van der Waals surface area (Å²) in [7, 11) is 1.53. The molecule has 0 saturated carbocycles. The summed E-state index contributed by atoms with van der Waals surface area (Å²) in [6.45, 7) is 2.20. The van der Waals surface area contributed by atoms with Crippen molar-refractivity contribution in [3.05, 3.63) is 29.7 Å². The van der Waals surface area contributed by atoms with E-state index in [-0.39, 0.29) is 18.3 Å². The number of methoxy groups -OCH3 is 1. The van der Waals surface area contributed by atoms with Gasteiger partial charge in [-0.15, -0.1) is 0 Å². The highest BCUT2D eigenvalue weighted by molar-refractivity contribution is 5.78. The summed E-state index contributed by atoms with van der Waals surface area (Å²) in [5.41, 5.74) is 1.76. The minimum atomic E-state index is -0.639. The third-order valence-electron chi connectivity index (χ3n) is 4.99. The summed E-state index contributed by atoms with van der Waals surface area (Å²) >= 11 is 0. The molecule has 0 radical (unpaired) electrons. The fourth-order valence-corrected chi connectivity index (χ4v) is 3.41. The number of fused-ring (bicyclic) bond motifs is 1. The van der Waals surface area contributed by atoms with Gasteiger partial charge in [-0.25, -0.2) is 9.37 Å². The Morgan fingerprint density at radius 2 is 2.12 bits per heavy atom. The van der Waals surface area contributed by atoms with Crippen molar-refractivity contribution in [1.29, 1.82) is 0 Å². The first-order valence-electron chi connectivity index (χ1n) is 8.61. The van der Waals surface area contributed by atoms with E-state index in [0.717, 1.165) is 32.5 Å². The molecular formula is C18H24FN3O3.